The minimum absolute atomic E-state index is 0.110. The molecule has 2 amide bonds. The topological polar surface area (TPSA) is 58.6 Å². The van der Waals surface area contributed by atoms with Crippen LogP contribution in [0.25, 0.3) is 0 Å². The molecule has 1 aliphatic rings. The summed E-state index contributed by atoms with van der Waals surface area (Å²) in [5, 5.41) is 3.71. The largest absolute Gasteiger partial charge is 0.497 e. The van der Waals surface area contributed by atoms with E-state index in [2.05, 4.69) is 5.32 Å². The van der Waals surface area contributed by atoms with Crippen LogP contribution in [0.2, 0.25) is 5.02 Å². The first-order valence-electron chi connectivity index (χ1n) is 10.1. The zero-order chi connectivity index (χ0) is 21.5. The molecule has 1 fully saturated rings. The van der Waals surface area contributed by atoms with E-state index in [0.717, 1.165) is 25.7 Å². The van der Waals surface area contributed by atoms with Crippen LogP contribution in [-0.2, 0) is 9.59 Å². The van der Waals surface area contributed by atoms with Crippen LogP contribution < -0.4 is 15.0 Å². The number of hydrogen-bond acceptors (Lipinski definition) is 3. The number of nitrogens with one attached hydrogen (secondary N) is 1. The number of rotatable bonds is 7. The van der Waals surface area contributed by atoms with E-state index in [-0.39, 0.29) is 23.7 Å². The third kappa shape index (κ3) is 5.46. The van der Waals surface area contributed by atoms with Gasteiger partial charge in [-0.1, -0.05) is 49.1 Å². The number of amides is 2. The van der Waals surface area contributed by atoms with E-state index < -0.39 is 6.04 Å². The summed E-state index contributed by atoms with van der Waals surface area (Å²) in [6.45, 7) is 0. The fourth-order valence-electron chi connectivity index (χ4n) is 3.85. The lowest BCUT2D eigenvalue weighted by molar-refractivity contribution is -0.126. The molecule has 5 nitrogen and oxygen atoms in total. The summed E-state index contributed by atoms with van der Waals surface area (Å²) in [5.41, 5.74) is 1.20. The first-order valence-corrected chi connectivity index (χ1v) is 11.0. The Morgan fingerprint density at radius 2 is 1.83 bits per heavy atom. The van der Waals surface area contributed by atoms with Crippen molar-refractivity contribution in [3.05, 3.63) is 59.1 Å². The van der Waals surface area contributed by atoms with Gasteiger partial charge >= 0.3 is 0 Å². The number of benzene rings is 2. The molecular weight excluding hydrogens is 423 g/mol. The molecule has 1 N–H and O–H groups in total. The smallest absolute Gasteiger partial charge is 0.248 e. The number of hydrogen-bond donors (Lipinski definition) is 1. The molecular formula is C23H26Cl2N2O3. The Morgan fingerprint density at radius 3 is 2.47 bits per heavy atom. The molecule has 0 heterocycles. The highest BCUT2D eigenvalue weighted by molar-refractivity contribution is 6.30. The number of carbonyl (C=O) groups excluding carboxylic acids is 2. The molecule has 30 heavy (non-hydrogen) atoms. The average Bonchev–Trinajstić information content (AvgIpc) is 2.78. The Bertz CT molecular complexity index is 867. The van der Waals surface area contributed by atoms with Crippen LogP contribution >= 0.6 is 23.2 Å². The molecule has 0 radical (unpaired) electrons. The van der Waals surface area contributed by atoms with Crippen LogP contribution in [0.3, 0.4) is 0 Å². The van der Waals surface area contributed by atoms with Crippen molar-refractivity contribution in [3.8, 4) is 5.75 Å². The van der Waals surface area contributed by atoms with Crippen LogP contribution in [0.1, 0.15) is 43.7 Å². The van der Waals surface area contributed by atoms with E-state index in [9.17, 15) is 9.59 Å². The van der Waals surface area contributed by atoms with Gasteiger partial charge in [0.05, 0.1) is 7.11 Å². The number of carbonyl (C=O) groups is 2. The molecule has 2 aromatic rings. The Balaban J connectivity index is 2.02. The predicted octanol–water partition coefficient (Wildman–Crippen LogP) is 5.11. The summed E-state index contributed by atoms with van der Waals surface area (Å²) in [6.07, 6.45) is 5.27. The molecule has 0 aliphatic heterocycles. The number of halogens is 2. The van der Waals surface area contributed by atoms with Crippen LogP contribution in [0, 0.1) is 0 Å². The highest BCUT2D eigenvalue weighted by atomic mass is 35.5. The van der Waals surface area contributed by atoms with Crippen molar-refractivity contribution in [2.45, 2.75) is 44.2 Å². The van der Waals surface area contributed by atoms with Gasteiger partial charge in [0, 0.05) is 22.8 Å². The van der Waals surface area contributed by atoms with Gasteiger partial charge in [0.1, 0.15) is 17.7 Å². The zero-order valence-corrected chi connectivity index (χ0v) is 18.5. The lowest BCUT2D eigenvalue weighted by Gasteiger charge is -2.33. The molecule has 0 bridgehead atoms. The lowest BCUT2D eigenvalue weighted by Crippen LogP contribution is -2.47. The maximum Gasteiger partial charge on any atom is 0.248 e. The summed E-state index contributed by atoms with van der Waals surface area (Å²) < 4.78 is 5.31. The van der Waals surface area contributed by atoms with E-state index in [1.165, 1.54) is 11.3 Å². The van der Waals surface area contributed by atoms with Gasteiger partial charge in [-0.25, -0.2) is 0 Å². The molecule has 3 rings (SSSR count). The molecule has 0 spiro atoms. The average molecular weight is 449 g/mol. The van der Waals surface area contributed by atoms with Crippen molar-refractivity contribution in [2.24, 2.45) is 0 Å². The summed E-state index contributed by atoms with van der Waals surface area (Å²) >= 11 is 12.0. The van der Waals surface area contributed by atoms with E-state index in [4.69, 9.17) is 27.9 Å². The van der Waals surface area contributed by atoms with Crippen molar-refractivity contribution >= 4 is 40.7 Å². The zero-order valence-electron chi connectivity index (χ0n) is 16.9. The van der Waals surface area contributed by atoms with Gasteiger partial charge in [-0.15, -0.1) is 11.6 Å². The van der Waals surface area contributed by atoms with Gasteiger partial charge < -0.3 is 10.1 Å². The van der Waals surface area contributed by atoms with E-state index in [1.807, 2.05) is 0 Å². The van der Waals surface area contributed by atoms with Crippen molar-refractivity contribution in [1.29, 1.82) is 0 Å². The SMILES string of the molecule is COc1cccc(N(C(=O)CCl)[C@H](C(=O)NC2CCCCC2)c2ccc(Cl)cc2)c1. The number of nitrogens with zero attached hydrogens (tertiary/aromatic N) is 1. The summed E-state index contributed by atoms with van der Waals surface area (Å²) in [4.78, 5) is 27.9. The summed E-state index contributed by atoms with van der Waals surface area (Å²) in [5.74, 6) is -0.269. The van der Waals surface area contributed by atoms with Gasteiger partial charge in [0.15, 0.2) is 0 Å². The van der Waals surface area contributed by atoms with Gasteiger partial charge in [0.2, 0.25) is 11.8 Å². The molecule has 0 aromatic heterocycles. The van der Waals surface area contributed by atoms with Crippen molar-refractivity contribution in [1.82, 2.24) is 5.32 Å². The summed E-state index contributed by atoms with van der Waals surface area (Å²) in [6, 6.07) is 13.3. The maximum atomic E-state index is 13.5. The van der Waals surface area contributed by atoms with Gasteiger partial charge in [-0.05, 0) is 42.7 Å². The van der Waals surface area contributed by atoms with E-state index in [1.54, 1.807) is 55.6 Å². The second-order valence-electron chi connectivity index (χ2n) is 7.40. The van der Waals surface area contributed by atoms with Gasteiger partial charge in [0.25, 0.3) is 0 Å². The third-order valence-corrected chi connectivity index (χ3v) is 5.84. The van der Waals surface area contributed by atoms with Crippen molar-refractivity contribution < 1.29 is 14.3 Å². The molecule has 1 saturated carbocycles. The number of ether oxygens (including phenoxy) is 1. The highest BCUT2D eigenvalue weighted by Crippen LogP contribution is 2.32. The molecule has 1 atom stereocenters. The van der Waals surface area contributed by atoms with Crippen molar-refractivity contribution in [2.75, 3.05) is 17.9 Å². The lowest BCUT2D eigenvalue weighted by atomic mass is 9.94. The fraction of sp³-hybridized carbons (Fsp3) is 0.391. The van der Waals surface area contributed by atoms with E-state index >= 15 is 0 Å². The molecule has 7 heteroatoms. The Labute approximate surface area is 187 Å². The molecule has 2 aromatic carbocycles. The van der Waals surface area contributed by atoms with Crippen LogP contribution in [0.15, 0.2) is 48.5 Å². The quantitative estimate of drug-likeness (QED) is 0.598. The first kappa shape index (κ1) is 22.4. The second-order valence-corrected chi connectivity index (χ2v) is 8.10. The Hall–Kier alpha value is -2.24. The molecule has 160 valence electrons. The molecule has 0 saturated heterocycles. The Kier molecular flexibility index (Phi) is 8.00. The third-order valence-electron chi connectivity index (χ3n) is 5.36. The predicted molar refractivity (Wildman–Crippen MR) is 120 cm³/mol. The normalized spacial score (nSPS) is 15.3. The van der Waals surface area contributed by atoms with Crippen LogP contribution in [0.4, 0.5) is 5.69 Å². The van der Waals surface area contributed by atoms with Crippen molar-refractivity contribution in [3.63, 3.8) is 0 Å². The monoisotopic (exact) mass is 448 g/mol. The Morgan fingerprint density at radius 1 is 1.13 bits per heavy atom. The maximum absolute atomic E-state index is 13.5. The number of alkyl halides is 1. The van der Waals surface area contributed by atoms with Crippen LogP contribution in [0.5, 0.6) is 5.75 Å². The molecule has 0 unspecified atom stereocenters. The number of anilines is 1. The fourth-order valence-corrected chi connectivity index (χ4v) is 4.11. The van der Waals surface area contributed by atoms with E-state index in [0.29, 0.717) is 22.0 Å². The first-order chi connectivity index (χ1) is 14.5. The molecule has 1 aliphatic carbocycles. The van der Waals surface area contributed by atoms with Crippen LogP contribution in [-0.4, -0.2) is 30.8 Å². The number of methoxy groups -OCH3 is 1. The van der Waals surface area contributed by atoms with Gasteiger partial charge in [-0.3, -0.25) is 14.5 Å². The minimum atomic E-state index is -0.873. The summed E-state index contributed by atoms with van der Waals surface area (Å²) in [7, 11) is 1.55. The second kappa shape index (κ2) is 10.7. The minimum Gasteiger partial charge on any atom is -0.497 e. The highest BCUT2D eigenvalue weighted by Gasteiger charge is 2.33. The van der Waals surface area contributed by atoms with Gasteiger partial charge in [-0.2, -0.15) is 0 Å². The standard InChI is InChI=1S/C23H26Cl2N2O3/c1-30-20-9-5-8-19(14-20)27(21(28)15-24)22(16-10-12-17(25)13-11-16)23(29)26-18-6-3-2-4-7-18/h5,8-14,18,22H,2-4,6-7,15H2,1H3,(H,26,29)/t22-/m0/s1.